The minimum absolute atomic E-state index is 0.299. The highest BCUT2D eigenvalue weighted by atomic mass is 19.4. The predicted molar refractivity (Wildman–Crippen MR) is 173 cm³/mol. The zero-order valence-corrected chi connectivity index (χ0v) is 27.8. The molecule has 0 N–H and O–H groups in total. The number of fused-ring (bicyclic) bond motifs is 4. The van der Waals surface area contributed by atoms with Gasteiger partial charge in [-0.05, 0) is 79.3 Å². The Labute approximate surface area is 291 Å². The molecule has 2 unspecified atom stereocenters. The average Bonchev–Trinajstić information content (AvgIpc) is 3.06. The first-order valence-electron chi connectivity index (χ1n) is 16.0. The molecular weight excluding hydrogens is 702 g/mol. The van der Waals surface area contributed by atoms with Crippen molar-refractivity contribution in [1.82, 2.24) is 0 Å². The lowest BCUT2D eigenvalue weighted by atomic mass is 9.59. The highest BCUT2D eigenvalue weighted by Gasteiger charge is 2.76. The molecule has 0 aromatic heterocycles. The van der Waals surface area contributed by atoms with Crippen molar-refractivity contribution in [2.45, 2.75) is 62.7 Å². The minimum Gasteiger partial charge on any atom is -0.457 e. The summed E-state index contributed by atoms with van der Waals surface area (Å²) in [6, 6.07) is 18.0. The summed E-state index contributed by atoms with van der Waals surface area (Å²) in [6.07, 6.45) is -12.5. The number of ether oxygens (including phenoxy) is 2. The fourth-order valence-corrected chi connectivity index (χ4v) is 7.64. The van der Waals surface area contributed by atoms with Crippen molar-refractivity contribution in [1.29, 1.82) is 0 Å². The Kier molecular flexibility index (Phi) is 7.66. The van der Waals surface area contributed by atoms with Crippen molar-refractivity contribution < 1.29 is 53.4 Å². The van der Waals surface area contributed by atoms with Crippen LogP contribution in [0.15, 0.2) is 97.1 Å². The van der Waals surface area contributed by atoms with E-state index in [0.717, 1.165) is 42.5 Å². The number of hydrogen-bond donors (Lipinski definition) is 0. The maximum Gasteiger partial charge on any atom is 0.454 e. The summed E-state index contributed by atoms with van der Waals surface area (Å²) < 4.78 is 170. The van der Waals surface area contributed by atoms with E-state index in [-0.39, 0.29) is 11.5 Å². The summed E-state index contributed by atoms with van der Waals surface area (Å²) in [5.74, 6) is -13.5. The fourth-order valence-electron chi connectivity index (χ4n) is 7.64. The first-order valence-corrected chi connectivity index (χ1v) is 16.0. The van der Waals surface area contributed by atoms with Crippen LogP contribution in [0.3, 0.4) is 0 Å². The van der Waals surface area contributed by atoms with Crippen molar-refractivity contribution in [2.75, 3.05) is 0 Å². The van der Waals surface area contributed by atoms with Crippen LogP contribution in [0.2, 0.25) is 0 Å². The Hall–Kier alpha value is -5.00. The molecule has 270 valence electrons. The smallest absolute Gasteiger partial charge is 0.454 e. The number of aryl methyl sites for hydroxylation is 4. The van der Waals surface area contributed by atoms with Gasteiger partial charge in [0.25, 0.3) is 0 Å². The van der Waals surface area contributed by atoms with Gasteiger partial charge in [0, 0.05) is 28.3 Å². The summed E-state index contributed by atoms with van der Waals surface area (Å²) in [4.78, 5) is 0. The quantitative estimate of drug-likeness (QED) is 0.171. The number of hydrogen-bond acceptors (Lipinski definition) is 2. The Morgan fingerprint density at radius 3 is 1.00 bits per heavy atom. The topological polar surface area (TPSA) is 18.5 Å². The molecule has 2 heterocycles. The monoisotopic (exact) mass is 730 g/mol. The summed E-state index contributed by atoms with van der Waals surface area (Å²) in [5, 5.41) is 0. The molecule has 2 aliphatic heterocycles. The van der Waals surface area contributed by atoms with E-state index in [9.17, 15) is 0 Å². The van der Waals surface area contributed by atoms with Crippen LogP contribution in [0.1, 0.15) is 55.6 Å². The van der Waals surface area contributed by atoms with E-state index in [0.29, 0.717) is 28.3 Å². The van der Waals surface area contributed by atoms with Crippen molar-refractivity contribution >= 4 is 0 Å². The number of rotatable bonds is 4. The second kappa shape index (κ2) is 11.2. The van der Waals surface area contributed by atoms with Crippen LogP contribution in [0.4, 0.5) is 43.9 Å². The van der Waals surface area contributed by atoms with E-state index in [1.54, 1.807) is 13.8 Å². The molecule has 0 fully saturated rings. The Morgan fingerprint density at radius 1 is 0.385 bits per heavy atom. The fraction of sp³-hybridized carbons (Fsp3) is 0.250. The zero-order valence-electron chi connectivity index (χ0n) is 27.8. The van der Waals surface area contributed by atoms with Crippen molar-refractivity contribution in [3.8, 4) is 23.0 Å². The van der Waals surface area contributed by atoms with Crippen LogP contribution in [-0.2, 0) is 10.8 Å². The first-order chi connectivity index (χ1) is 24.2. The summed E-state index contributed by atoms with van der Waals surface area (Å²) in [5.41, 5.74) is -10.1. The second-order valence-corrected chi connectivity index (χ2v) is 13.3. The molecule has 0 radical (unpaired) electrons. The molecule has 0 spiro atoms. The van der Waals surface area contributed by atoms with Gasteiger partial charge in [0.1, 0.15) is 33.8 Å². The van der Waals surface area contributed by atoms with Gasteiger partial charge in [0.05, 0.1) is 0 Å². The lowest BCUT2D eigenvalue weighted by Gasteiger charge is -2.49. The van der Waals surface area contributed by atoms with Crippen LogP contribution >= 0.6 is 0 Å². The van der Waals surface area contributed by atoms with Crippen LogP contribution in [0, 0.1) is 27.7 Å². The van der Waals surface area contributed by atoms with Gasteiger partial charge < -0.3 is 9.47 Å². The van der Waals surface area contributed by atoms with E-state index >= 15 is 43.9 Å². The second-order valence-electron chi connectivity index (χ2n) is 13.3. The van der Waals surface area contributed by atoms with Gasteiger partial charge in [-0.15, -0.1) is 0 Å². The number of benzene rings is 5. The third-order valence-electron chi connectivity index (χ3n) is 10.4. The van der Waals surface area contributed by atoms with Crippen molar-refractivity contribution in [2.24, 2.45) is 0 Å². The maximum absolute atomic E-state index is 16.9. The Morgan fingerprint density at radius 2 is 0.673 bits per heavy atom. The van der Waals surface area contributed by atoms with Gasteiger partial charge in [-0.25, -0.2) is 0 Å². The number of alkyl halides is 10. The molecule has 2 atom stereocenters. The van der Waals surface area contributed by atoms with Crippen LogP contribution in [0.5, 0.6) is 23.0 Å². The van der Waals surface area contributed by atoms with Crippen LogP contribution < -0.4 is 9.47 Å². The maximum atomic E-state index is 16.9. The molecule has 12 heteroatoms. The van der Waals surface area contributed by atoms with E-state index < -0.39 is 79.9 Å². The van der Waals surface area contributed by atoms with E-state index in [2.05, 4.69) is 0 Å². The number of halogens is 10. The molecule has 2 aliphatic rings. The van der Waals surface area contributed by atoms with Gasteiger partial charge in [-0.3, -0.25) is 0 Å². The van der Waals surface area contributed by atoms with Crippen molar-refractivity contribution in [3.63, 3.8) is 0 Å². The molecule has 0 amide bonds. The van der Waals surface area contributed by atoms with Gasteiger partial charge in [0.15, 0.2) is 0 Å². The first kappa shape index (κ1) is 35.4. The predicted octanol–water partition coefficient (Wildman–Crippen LogP) is 12.2. The van der Waals surface area contributed by atoms with Gasteiger partial charge in [0.2, 0.25) is 0 Å². The van der Waals surface area contributed by atoms with Gasteiger partial charge >= 0.3 is 24.2 Å². The molecular formula is C40H28F10O2. The molecule has 0 bridgehead atoms. The summed E-state index contributed by atoms with van der Waals surface area (Å²) >= 11 is 0. The minimum atomic E-state index is -6.27. The third-order valence-corrected chi connectivity index (χ3v) is 10.4. The van der Waals surface area contributed by atoms with Gasteiger partial charge in [-0.1, -0.05) is 72.8 Å². The summed E-state index contributed by atoms with van der Waals surface area (Å²) in [6.45, 7) is 6.15. The molecule has 0 saturated carbocycles. The van der Waals surface area contributed by atoms with E-state index in [4.69, 9.17) is 9.47 Å². The molecule has 0 aliphatic carbocycles. The lowest BCUT2D eigenvalue weighted by molar-refractivity contribution is -0.300. The van der Waals surface area contributed by atoms with Gasteiger partial charge in [-0.2, -0.15) is 43.9 Å². The lowest BCUT2D eigenvalue weighted by Crippen LogP contribution is -2.58. The summed E-state index contributed by atoms with van der Waals surface area (Å²) in [7, 11) is 0. The largest absolute Gasteiger partial charge is 0.457 e. The SMILES string of the molecule is Cc1cc2c(cc1C)C(c1ccccc1)(C(F)(F)C(F)(F)F)c1cc3c(cc1O2)Oc1cc(C)c(C)cc1C3(c1ccccc1)C(F)(F)C(F)(F)F. The molecule has 2 nitrogen and oxygen atoms in total. The highest BCUT2D eigenvalue weighted by molar-refractivity contribution is 5.74. The molecule has 7 rings (SSSR count). The average molecular weight is 731 g/mol. The molecule has 5 aromatic rings. The molecule has 52 heavy (non-hydrogen) atoms. The third kappa shape index (κ3) is 4.51. The van der Waals surface area contributed by atoms with Crippen molar-refractivity contribution in [3.05, 3.63) is 153 Å². The molecule has 0 saturated heterocycles. The van der Waals surface area contributed by atoms with Crippen LogP contribution in [0.25, 0.3) is 0 Å². The Balaban J connectivity index is 1.74. The Bertz CT molecular complexity index is 2070. The van der Waals surface area contributed by atoms with E-state index in [1.165, 1.54) is 62.4 Å². The normalized spacial score (nSPS) is 19.8. The van der Waals surface area contributed by atoms with Crippen LogP contribution in [-0.4, -0.2) is 24.2 Å². The highest BCUT2D eigenvalue weighted by Crippen LogP contribution is 2.68. The van der Waals surface area contributed by atoms with E-state index in [1.807, 2.05) is 0 Å². The molecule has 5 aromatic carbocycles. The standard InChI is InChI=1S/C40H28F10O2/c1-21-15-27-31(17-23(21)3)51-33-20-34-30(19-29(33)35(27,25-11-7-5-8-12-25)37(41,42)39(45,46)47)36(26-13-9-6-10-14-26,38(43,44)40(48,49)50)28-16-22(2)24(4)18-32(28)52-34/h5-20H,1-4H3. The zero-order chi connectivity index (χ0) is 37.8.